The number of alkyl carbamates (subject to hydrolysis) is 1. The number of carbonyl (C=O) groups is 1. The molecule has 2 aliphatic carbocycles. The Balaban J connectivity index is 1.24. The van der Waals surface area contributed by atoms with Gasteiger partial charge >= 0.3 is 6.09 Å². The van der Waals surface area contributed by atoms with Gasteiger partial charge in [0.25, 0.3) is 0 Å². The summed E-state index contributed by atoms with van der Waals surface area (Å²) in [5.74, 6) is 0.906. The van der Waals surface area contributed by atoms with Crippen LogP contribution < -0.4 is 5.32 Å². The summed E-state index contributed by atoms with van der Waals surface area (Å²) in [5, 5.41) is 12.5. The van der Waals surface area contributed by atoms with Gasteiger partial charge in [-0.25, -0.2) is 4.79 Å². The molecule has 0 radical (unpaired) electrons. The number of benzene rings is 3. The van der Waals surface area contributed by atoms with Gasteiger partial charge in [-0.15, -0.1) is 0 Å². The first-order chi connectivity index (χ1) is 15.7. The van der Waals surface area contributed by atoms with Gasteiger partial charge < -0.3 is 15.2 Å². The summed E-state index contributed by atoms with van der Waals surface area (Å²) in [4.78, 5) is 12.8. The average Bonchev–Trinajstić information content (AvgIpc) is 3.50. The summed E-state index contributed by atoms with van der Waals surface area (Å²) in [6, 6.07) is 26.9. The molecule has 0 unspecified atom stereocenters. The summed E-state index contributed by atoms with van der Waals surface area (Å²) < 4.78 is 5.76. The van der Waals surface area contributed by atoms with Gasteiger partial charge in [-0.1, -0.05) is 78.9 Å². The van der Waals surface area contributed by atoms with E-state index < -0.39 is 0 Å². The van der Waals surface area contributed by atoms with Crippen molar-refractivity contribution in [2.24, 2.45) is 11.8 Å². The maximum atomic E-state index is 12.8. The number of fused-ring (bicyclic) bond motifs is 3. The van der Waals surface area contributed by atoms with Gasteiger partial charge in [0.1, 0.15) is 6.61 Å². The standard InChI is InChI=1S/C28H29NO3/c30-17-21-15-20(21)16-22(14-19-8-2-1-3-9-19)29-28(31)32-18-27-25-12-6-4-10-23(25)24-11-5-7-13-26(24)27/h1-13,20-22,27,30H,14-18H2,(H,29,31)/t20-,21+,22+/m0/s1. The molecule has 0 aliphatic heterocycles. The Hall–Kier alpha value is -3.11. The SMILES string of the molecule is O=C(N[C@H](Cc1ccccc1)C[C@@H]1C[C@@H]1CO)OCC1c2ccccc2-c2ccccc21. The molecule has 0 aromatic heterocycles. The molecule has 5 rings (SSSR count). The molecule has 3 aromatic rings. The maximum absolute atomic E-state index is 12.8. The van der Waals surface area contributed by atoms with Crippen molar-refractivity contribution in [2.75, 3.05) is 13.2 Å². The van der Waals surface area contributed by atoms with Crippen molar-refractivity contribution in [3.8, 4) is 11.1 Å². The van der Waals surface area contributed by atoms with Crippen LogP contribution in [0.1, 0.15) is 35.4 Å². The number of amides is 1. The van der Waals surface area contributed by atoms with E-state index in [1.165, 1.54) is 27.8 Å². The summed E-state index contributed by atoms with van der Waals surface area (Å²) in [6.07, 6.45) is 2.30. The lowest BCUT2D eigenvalue weighted by Crippen LogP contribution is -2.38. The van der Waals surface area contributed by atoms with Crippen molar-refractivity contribution in [3.05, 3.63) is 95.6 Å². The number of hydrogen-bond acceptors (Lipinski definition) is 3. The second-order valence-electron chi connectivity index (χ2n) is 9.03. The average molecular weight is 428 g/mol. The van der Waals surface area contributed by atoms with E-state index in [1.807, 2.05) is 30.3 Å². The molecule has 1 fully saturated rings. The third-order valence-electron chi connectivity index (χ3n) is 6.88. The molecule has 0 heterocycles. The van der Waals surface area contributed by atoms with Crippen LogP contribution in [-0.2, 0) is 11.2 Å². The highest BCUT2D eigenvalue weighted by atomic mass is 16.5. The summed E-state index contributed by atoms with van der Waals surface area (Å²) in [7, 11) is 0. The Morgan fingerprint density at radius 3 is 2.16 bits per heavy atom. The van der Waals surface area contributed by atoms with Crippen molar-refractivity contribution in [2.45, 2.75) is 31.2 Å². The van der Waals surface area contributed by atoms with Gasteiger partial charge in [0.15, 0.2) is 0 Å². The molecule has 2 aliphatic rings. The third-order valence-corrected chi connectivity index (χ3v) is 6.88. The van der Waals surface area contributed by atoms with Crippen LogP contribution in [0.4, 0.5) is 4.79 Å². The lowest BCUT2D eigenvalue weighted by Gasteiger charge is -2.20. The highest BCUT2D eigenvalue weighted by molar-refractivity contribution is 5.79. The summed E-state index contributed by atoms with van der Waals surface area (Å²) in [6.45, 7) is 0.550. The van der Waals surface area contributed by atoms with Crippen LogP contribution in [0.3, 0.4) is 0 Å². The Bertz CT molecular complexity index is 1040. The van der Waals surface area contributed by atoms with Crippen LogP contribution in [0.5, 0.6) is 0 Å². The molecule has 3 atom stereocenters. The largest absolute Gasteiger partial charge is 0.449 e. The lowest BCUT2D eigenvalue weighted by atomic mass is 9.98. The Labute approximate surface area is 189 Å². The first-order valence-corrected chi connectivity index (χ1v) is 11.5. The molecular formula is C28H29NO3. The molecule has 164 valence electrons. The number of nitrogens with one attached hydrogen (secondary N) is 1. The van der Waals surface area contributed by atoms with Crippen LogP contribution in [0.15, 0.2) is 78.9 Å². The van der Waals surface area contributed by atoms with E-state index in [4.69, 9.17) is 4.74 Å². The summed E-state index contributed by atoms with van der Waals surface area (Å²) in [5.41, 5.74) is 6.07. The Morgan fingerprint density at radius 1 is 0.906 bits per heavy atom. The van der Waals surface area contributed by atoms with E-state index in [0.717, 1.165) is 19.3 Å². The van der Waals surface area contributed by atoms with Crippen LogP contribution >= 0.6 is 0 Å². The minimum atomic E-state index is -0.367. The number of hydrogen-bond donors (Lipinski definition) is 2. The van der Waals surface area contributed by atoms with Crippen LogP contribution in [0, 0.1) is 11.8 Å². The van der Waals surface area contributed by atoms with Gasteiger partial charge in [-0.05, 0) is 58.9 Å². The van der Waals surface area contributed by atoms with Gasteiger partial charge in [0.2, 0.25) is 0 Å². The highest BCUT2D eigenvalue weighted by Crippen LogP contribution is 2.44. The van der Waals surface area contributed by atoms with Crippen molar-refractivity contribution in [1.29, 1.82) is 0 Å². The molecule has 1 amide bonds. The zero-order chi connectivity index (χ0) is 21.9. The fraction of sp³-hybridized carbons (Fsp3) is 0.321. The van der Waals surface area contributed by atoms with Crippen molar-refractivity contribution < 1.29 is 14.6 Å². The predicted molar refractivity (Wildman–Crippen MR) is 125 cm³/mol. The van der Waals surface area contributed by atoms with Gasteiger partial charge in [0, 0.05) is 18.6 Å². The molecule has 2 N–H and O–H groups in total. The van der Waals surface area contributed by atoms with E-state index in [1.54, 1.807) is 0 Å². The highest BCUT2D eigenvalue weighted by Gasteiger charge is 2.38. The number of rotatable bonds is 8. The summed E-state index contributed by atoms with van der Waals surface area (Å²) >= 11 is 0. The second-order valence-corrected chi connectivity index (χ2v) is 9.03. The molecule has 4 nitrogen and oxygen atoms in total. The van der Waals surface area contributed by atoms with Crippen molar-refractivity contribution in [1.82, 2.24) is 5.32 Å². The molecule has 3 aromatic carbocycles. The Kier molecular flexibility index (Phi) is 5.95. The zero-order valence-corrected chi connectivity index (χ0v) is 18.1. The number of ether oxygens (including phenoxy) is 1. The van der Waals surface area contributed by atoms with Gasteiger partial charge in [0.05, 0.1) is 0 Å². The van der Waals surface area contributed by atoms with Crippen molar-refractivity contribution >= 4 is 6.09 Å². The van der Waals surface area contributed by atoms with E-state index in [9.17, 15) is 9.90 Å². The first-order valence-electron chi connectivity index (χ1n) is 11.5. The van der Waals surface area contributed by atoms with E-state index >= 15 is 0 Å². The third kappa shape index (κ3) is 4.42. The topological polar surface area (TPSA) is 58.6 Å². The molecule has 0 bridgehead atoms. The normalized spacial score (nSPS) is 19.7. The lowest BCUT2D eigenvalue weighted by molar-refractivity contribution is 0.138. The monoisotopic (exact) mass is 427 g/mol. The van der Waals surface area contributed by atoms with Crippen LogP contribution in [0.2, 0.25) is 0 Å². The zero-order valence-electron chi connectivity index (χ0n) is 18.1. The minimum Gasteiger partial charge on any atom is -0.449 e. The molecule has 0 spiro atoms. The van der Waals surface area contributed by atoms with E-state index in [0.29, 0.717) is 18.4 Å². The molecular weight excluding hydrogens is 398 g/mol. The van der Waals surface area contributed by atoms with Gasteiger partial charge in [-0.3, -0.25) is 0 Å². The fourth-order valence-electron chi connectivity index (χ4n) is 5.09. The molecule has 4 heteroatoms. The molecule has 32 heavy (non-hydrogen) atoms. The maximum Gasteiger partial charge on any atom is 0.407 e. The predicted octanol–water partition coefficient (Wildman–Crippen LogP) is 5.15. The van der Waals surface area contributed by atoms with Crippen molar-refractivity contribution in [3.63, 3.8) is 0 Å². The van der Waals surface area contributed by atoms with Crippen LogP contribution in [-0.4, -0.2) is 30.5 Å². The van der Waals surface area contributed by atoms with E-state index in [2.05, 4.69) is 53.8 Å². The number of aliphatic hydroxyl groups excluding tert-OH is 1. The molecule has 1 saturated carbocycles. The quantitative estimate of drug-likeness (QED) is 0.522. The number of carbonyl (C=O) groups excluding carboxylic acids is 1. The number of aliphatic hydroxyl groups is 1. The fourth-order valence-corrected chi connectivity index (χ4v) is 5.09. The second kappa shape index (κ2) is 9.17. The molecule has 0 saturated heterocycles. The smallest absolute Gasteiger partial charge is 0.407 e. The first kappa shape index (κ1) is 20.8. The van der Waals surface area contributed by atoms with Gasteiger partial charge in [-0.2, -0.15) is 0 Å². The van der Waals surface area contributed by atoms with E-state index in [-0.39, 0.29) is 24.7 Å². The minimum absolute atomic E-state index is 0.00500. The Morgan fingerprint density at radius 2 is 1.53 bits per heavy atom. The van der Waals surface area contributed by atoms with Crippen LogP contribution in [0.25, 0.3) is 11.1 Å².